The molecule has 1 aromatic rings. The number of hydrogen-bond acceptors (Lipinski definition) is 3. The second kappa shape index (κ2) is 8.72. The van der Waals surface area contributed by atoms with E-state index >= 15 is 0 Å². The van der Waals surface area contributed by atoms with Crippen molar-refractivity contribution in [2.45, 2.75) is 6.92 Å². The molecule has 2 N–H and O–H groups in total. The topological polar surface area (TPSA) is 69.5 Å². The van der Waals surface area contributed by atoms with Gasteiger partial charge < -0.3 is 27.3 Å². The van der Waals surface area contributed by atoms with Crippen molar-refractivity contribution in [2.24, 2.45) is 0 Å². The van der Waals surface area contributed by atoms with Crippen molar-refractivity contribution < 1.29 is 36.6 Å². The van der Waals surface area contributed by atoms with Gasteiger partial charge in [0.25, 0.3) is 0 Å². The Morgan fingerprint density at radius 3 is 2.29 bits per heavy atom. The Morgan fingerprint density at radius 1 is 1.33 bits per heavy atom. The SMILES string of the molecule is COC(=O)/C(=C\c1ccc[nH+]c1)NC(C)=O.F[B-](F)(F)F. The van der Waals surface area contributed by atoms with Gasteiger partial charge in [-0.1, -0.05) is 0 Å². The van der Waals surface area contributed by atoms with E-state index in [-0.39, 0.29) is 11.6 Å². The number of H-pyrrole nitrogens is 1. The molecule has 0 atom stereocenters. The van der Waals surface area contributed by atoms with Crippen molar-refractivity contribution in [3.05, 3.63) is 35.8 Å². The first-order valence-electron chi connectivity index (χ1n) is 5.54. The zero-order valence-corrected chi connectivity index (χ0v) is 11.2. The van der Waals surface area contributed by atoms with Crippen LogP contribution in [0.3, 0.4) is 0 Å². The lowest BCUT2D eigenvalue weighted by Crippen LogP contribution is -2.25. The Hall–Kier alpha value is -2.39. The highest BCUT2D eigenvalue weighted by atomic mass is 19.5. The number of carbonyl (C=O) groups is 2. The van der Waals surface area contributed by atoms with Gasteiger partial charge in [0.2, 0.25) is 5.91 Å². The second-order valence-corrected chi connectivity index (χ2v) is 3.56. The van der Waals surface area contributed by atoms with Crippen LogP contribution in [0.15, 0.2) is 30.2 Å². The van der Waals surface area contributed by atoms with E-state index < -0.39 is 13.2 Å². The Balaban J connectivity index is 0.000000690. The highest BCUT2D eigenvalue weighted by Crippen LogP contribution is 2.06. The van der Waals surface area contributed by atoms with Gasteiger partial charge in [-0.3, -0.25) is 4.79 Å². The molecule has 5 nitrogen and oxygen atoms in total. The maximum atomic E-state index is 11.3. The van der Waals surface area contributed by atoms with Crippen molar-refractivity contribution in [3.63, 3.8) is 0 Å². The first-order chi connectivity index (χ1) is 9.63. The average molecular weight is 308 g/mol. The van der Waals surface area contributed by atoms with Crippen molar-refractivity contribution in [1.29, 1.82) is 0 Å². The number of aromatic nitrogens is 1. The molecule has 1 heterocycles. The Morgan fingerprint density at radius 2 is 1.90 bits per heavy atom. The number of rotatable bonds is 3. The molecule has 1 aromatic heterocycles. The van der Waals surface area contributed by atoms with E-state index in [1.165, 1.54) is 20.1 Å². The minimum Gasteiger partial charge on any atom is -0.464 e. The first kappa shape index (κ1) is 18.6. The van der Waals surface area contributed by atoms with Gasteiger partial charge in [0.1, 0.15) is 5.70 Å². The van der Waals surface area contributed by atoms with Crippen LogP contribution in [-0.4, -0.2) is 26.2 Å². The number of ether oxygens (including phenoxy) is 1. The summed E-state index contributed by atoms with van der Waals surface area (Å²) < 4.78 is 43.6. The summed E-state index contributed by atoms with van der Waals surface area (Å²) in [5.74, 6) is -0.907. The fraction of sp³-hybridized carbons (Fsp3) is 0.182. The van der Waals surface area contributed by atoms with E-state index in [0.29, 0.717) is 0 Å². The lowest BCUT2D eigenvalue weighted by molar-refractivity contribution is -0.378. The van der Waals surface area contributed by atoms with Gasteiger partial charge in [0.05, 0.1) is 7.11 Å². The Bertz CT molecular complexity index is 500. The third kappa shape index (κ3) is 11.2. The molecule has 0 aliphatic heterocycles. The van der Waals surface area contributed by atoms with Crippen LogP contribution < -0.4 is 10.3 Å². The molecule has 1 amide bonds. The van der Waals surface area contributed by atoms with E-state index in [2.05, 4.69) is 15.0 Å². The van der Waals surface area contributed by atoms with Gasteiger partial charge in [-0.15, -0.1) is 0 Å². The number of nitrogens with one attached hydrogen (secondary N) is 2. The van der Waals surface area contributed by atoms with Crippen molar-refractivity contribution in [2.75, 3.05) is 7.11 Å². The molecule has 1 rings (SSSR count). The summed E-state index contributed by atoms with van der Waals surface area (Å²) in [5.41, 5.74) is 0.867. The zero-order valence-electron chi connectivity index (χ0n) is 11.2. The molecule has 0 spiro atoms. The van der Waals surface area contributed by atoms with Crippen LogP contribution >= 0.6 is 0 Å². The molecule has 21 heavy (non-hydrogen) atoms. The fourth-order valence-corrected chi connectivity index (χ4v) is 1.11. The number of aromatic amines is 1. The summed E-state index contributed by atoms with van der Waals surface area (Å²) >= 11 is 0. The van der Waals surface area contributed by atoms with E-state index in [1.807, 2.05) is 0 Å². The summed E-state index contributed by atoms with van der Waals surface area (Å²) in [5, 5.41) is 2.41. The number of methoxy groups -OCH3 is 1. The summed E-state index contributed by atoms with van der Waals surface area (Å²) in [7, 11) is -4.74. The van der Waals surface area contributed by atoms with Gasteiger partial charge in [-0.2, -0.15) is 0 Å². The van der Waals surface area contributed by atoms with E-state index in [4.69, 9.17) is 0 Å². The molecule has 0 radical (unpaired) electrons. The first-order valence-corrected chi connectivity index (χ1v) is 5.54. The van der Waals surface area contributed by atoms with E-state index in [0.717, 1.165) is 5.56 Å². The Labute approximate surface area is 118 Å². The molecule has 0 fully saturated rings. The molecule has 0 bridgehead atoms. The van der Waals surface area contributed by atoms with Crippen molar-refractivity contribution in [1.82, 2.24) is 5.32 Å². The Kier molecular flexibility index (Phi) is 7.73. The van der Waals surface area contributed by atoms with Gasteiger partial charge in [0.15, 0.2) is 12.4 Å². The molecule has 0 aliphatic rings. The molecule has 0 saturated carbocycles. The number of hydrogen-bond donors (Lipinski definition) is 1. The molecular formula is C11H13BF4N2O3. The van der Waals surface area contributed by atoms with E-state index in [1.54, 1.807) is 24.5 Å². The monoisotopic (exact) mass is 308 g/mol. The second-order valence-electron chi connectivity index (χ2n) is 3.56. The largest absolute Gasteiger partial charge is 0.673 e. The van der Waals surface area contributed by atoms with Gasteiger partial charge in [-0.05, 0) is 12.1 Å². The minimum absolute atomic E-state index is 0.106. The maximum Gasteiger partial charge on any atom is 0.673 e. The van der Waals surface area contributed by atoms with Crippen LogP contribution in [0.2, 0.25) is 0 Å². The van der Waals surface area contributed by atoms with Crippen molar-refractivity contribution >= 4 is 25.2 Å². The van der Waals surface area contributed by atoms with Crippen LogP contribution in [0, 0.1) is 0 Å². The van der Waals surface area contributed by atoms with Crippen LogP contribution in [0.25, 0.3) is 6.08 Å². The lowest BCUT2D eigenvalue weighted by atomic mass is 10.2. The molecule has 0 unspecified atom stereocenters. The maximum absolute atomic E-state index is 11.3. The number of esters is 1. The highest BCUT2D eigenvalue weighted by Gasteiger charge is 2.20. The fourth-order valence-electron chi connectivity index (χ4n) is 1.11. The number of pyridine rings is 1. The molecular weight excluding hydrogens is 295 g/mol. The quantitative estimate of drug-likeness (QED) is 0.398. The summed E-state index contributed by atoms with van der Waals surface area (Å²) in [4.78, 5) is 25.1. The van der Waals surface area contributed by atoms with Gasteiger partial charge >= 0.3 is 13.2 Å². The van der Waals surface area contributed by atoms with Crippen LogP contribution in [0.1, 0.15) is 12.5 Å². The third-order valence-corrected chi connectivity index (χ3v) is 1.76. The lowest BCUT2D eigenvalue weighted by Gasteiger charge is -2.04. The van der Waals surface area contributed by atoms with Gasteiger partial charge in [0, 0.05) is 18.6 Å². The summed E-state index contributed by atoms with van der Waals surface area (Å²) in [6, 6.07) is 3.58. The molecule has 0 aromatic carbocycles. The molecule has 10 heteroatoms. The molecule has 0 aliphatic carbocycles. The molecule has 0 saturated heterocycles. The average Bonchev–Trinajstić information content (AvgIpc) is 2.36. The zero-order chi connectivity index (χ0) is 16.5. The normalized spacial score (nSPS) is 11.0. The van der Waals surface area contributed by atoms with Gasteiger partial charge in [-0.25, -0.2) is 9.78 Å². The van der Waals surface area contributed by atoms with Crippen LogP contribution in [0.4, 0.5) is 17.3 Å². The van der Waals surface area contributed by atoms with E-state index in [9.17, 15) is 26.9 Å². The highest BCUT2D eigenvalue weighted by molar-refractivity contribution is 6.50. The predicted octanol–water partition coefficient (Wildman–Crippen LogP) is 1.45. The standard InChI is InChI=1S/C11H12N2O3.BF4/c1-8(14)13-10(11(15)16-2)6-9-4-3-5-12-7-9;2-1(3,4)5/h3-7H,1-2H3,(H,13,14);/q;-1/p+1/b10-6+;. The summed E-state index contributed by atoms with van der Waals surface area (Å²) in [6.07, 6.45) is 4.97. The van der Waals surface area contributed by atoms with Crippen molar-refractivity contribution in [3.8, 4) is 0 Å². The number of amides is 1. The molecule has 116 valence electrons. The van der Waals surface area contributed by atoms with Crippen LogP contribution in [0.5, 0.6) is 0 Å². The predicted molar refractivity (Wildman–Crippen MR) is 67.0 cm³/mol. The smallest absolute Gasteiger partial charge is 0.464 e. The number of halogens is 4. The summed E-state index contributed by atoms with van der Waals surface area (Å²) in [6.45, 7) is 1.33. The number of carbonyl (C=O) groups excluding carboxylic acids is 2. The van der Waals surface area contributed by atoms with Crippen LogP contribution in [-0.2, 0) is 14.3 Å². The minimum atomic E-state index is -6.00. The third-order valence-electron chi connectivity index (χ3n) is 1.76.